The van der Waals surface area contributed by atoms with Crippen LogP contribution >= 0.6 is 34.8 Å². The molecule has 3 aromatic rings. The molecule has 3 aromatic carbocycles. The third kappa shape index (κ3) is 6.72. The number of hydrazone groups is 1. The molecule has 0 aliphatic heterocycles. The van der Waals surface area contributed by atoms with Crippen LogP contribution in [0, 0.1) is 0 Å². The predicted molar refractivity (Wildman–Crippen MR) is 121 cm³/mol. The Labute approximate surface area is 193 Å². The molecule has 0 heterocycles. The highest BCUT2D eigenvalue weighted by Crippen LogP contribution is 2.27. The second kappa shape index (κ2) is 10.8. The van der Waals surface area contributed by atoms with Crippen LogP contribution in [0.1, 0.15) is 15.9 Å². The van der Waals surface area contributed by atoms with Gasteiger partial charge in [-0.25, -0.2) is 10.2 Å². The number of halogens is 3. The first kappa shape index (κ1) is 22.6. The number of carbonyl (C=O) groups is 2. The third-order valence-electron chi connectivity index (χ3n) is 3.85. The standard InChI is InChI=1S/C22H15Cl3N2O4/c23-16-7-5-14(6-8-16)22(29)31-19-4-2-1-3-15(19)12-26-27-21(28)13-30-20-10-9-17(24)11-18(20)25/h1-12H,13H2,(H,27,28)/b26-12-. The van der Waals surface area contributed by atoms with Gasteiger partial charge in [0.2, 0.25) is 0 Å². The molecule has 1 N–H and O–H groups in total. The van der Waals surface area contributed by atoms with E-state index in [4.69, 9.17) is 44.3 Å². The van der Waals surface area contributed by atoms with Gasteiger partial charge in [0.1, 0.15) is 11.5 Å². The van der Waals surface area contributed by atoms with Gasteiger partial charge in [0, 0.05) is 15.6 Å². The molecule has 0 saturated heterocycles. The Morgan fingerprint density at radius 2 is 1.61 bits per heavy atom. The van der Waals surface area contributed by atoms with Crippen molar-refractivity contribution in [3.63, 3.8) is 0 Å². The number of ether oxygens (including phenoxy) is 2. The van der Waals surface area contributed by atoms with Crippen LogP contribution in [-0.2, 0) is 4.79 Å². The normalized spacial score (nSPS) is 10.7. The van der Waals surface area contributed by atoms with Gasteiger partial charge in [-0.05, 0) is 54.6 Å². The van der Waals surface area contributed by atoms with Crippen LogP contribution in [0.4, 0.5) is 0 Å². The first-order valence-corrected chi connectivity index (χ1v) is 10.0. The minimum atomic E-state index is -0.546. The number of para-hydroxylation sites is 1. The largest absolute Gasteiger partial charge is 0.482 e. The number of benzene rings is 3. The zero-order chi connectivity index (χ0) is 22.2. The van der Waals surface area contributed by atoms with Crippen LogP contribution in [0.15, 0.2) is 71.8 Å². The van der Waals surface area contributed by atoms with Gasteiger partial charge < -0.3 is 9.47 Å². The maximum Gasteiger partial charge on any atom is 0.343 e. The van der Waals surface area contributed by atoms with E-state index in [0.717, 1.165) is 0 Å². The molecular formula is C22H15Cl3N2O4. The van der Waals surface area contributed by atoms with Crippen LogP contribution in [-0.4, -0.2) is 24.7 Å². The van der Waals surface area contributed by atoms with Crippen molar-refractivity contribution in [1.29, 1.82) is 0 Å². The zero-order valence-electron chi connectivity index (χ0n) is 15.8. The van der Waals surface area contributed by atoms with Crippen LogP contribution in [0.5, 0.6) is 11.5 Å². The van der Waals surface area contributed by atoms with E-state index in [2.05, 4.69) is 10.5 Å². The number of nitrogens with one attached hydrogen (secondary N) is 1. The summed E-state index contributed by atoms with van der Waals surface area (Å²) < 4.78 is 10.8. The lowest BCUT2D eigenvalue weighted by atomic mass is 10.2. The van der Waals surface area contributed by atoms with Crippen molar-refractivity contribution in [2.75, 3.05) is 6.61 Å². The molecule has 0 bridgehead atoms. The predicted octanol–water partition coefficient (Wildman–Crippen LogP) is 5.40. The Bertz CT molecular complexity index is 1120. The Morgan fingerprint density at radius 1 is 0.903 bits per heavy atom. The Balaban J connectivity index is 1.57. The lowest BCUT2D eigenvalue weighted by Crippen LogP contribution is -2.24. The van der Waals surface area contributed by atoms with E-state index in [1.165, 1.54) is 12.3 Å². The molecule has 0 atom stereocenters. The Kier molecular flexibility index (Phi) is 7.89. The summed E-state index contributed by atoms with van der Waals surface area (Å²) in [6.45, 7) is -0.300. The Morgan fingerprint density at radius 3 is 2.35 bits per heavy atom. The average molecular weight is 478 g/mol. The molecular weight excluding hydrogens is 463 g/mol. The number of amides is 1. The van der Waals surface area contributed by atoms with Crippen molar-refractivity contribution in [2.24, 2.45) is 5.10 Å². The van der Waals surface area contributed by atoms with E-state index in [-0.39, 0.29) is 12.4 Å². The van der Waals surface area contributed by atoms with Gasteiger partial charge >= 0.3 is 5.97 Å². The minimum Gasteiger partial charge on any atom is -0.482 e. The topological polar surface area (TPSA) is 77.0 Å². The molecule has 0 unspecified atom stereocenters. The van der Waals surface area contributed by atoms with Gasteiger partial charge in [-0.15, -0.1) is 0 Å². The van der Waals surface area contributed by atoms with Crippen LogP contribution in [0.2, 0.25) is 15.1 Å². The molecule has 0 spiro atoms. The van der Waals surface area contributed by atoms with Crippen molar-refractivity contribution >= 4 is 52.9 Å². The lowest BCUT2D eigenvalue weighted by molar-refractivity contribution is -0.123. The van der Waals surface area contributed by atoms with Gasteiger partial charge in [-0.1, -0.05) is 46.9 Å². The quantitative estimate of drug-likeness (QED) is 0.214. The highest BCUT2D eigenvalue weighted by molar-refractivity contribution is 6.35. The molecule has 0 saturated carbocycles. The van der Waals surface area contributed by atoms with E-state index >= 15 is 0 Å². The monoisotopic (exact) mass is 476 g/mol. The van der Waals surface area contributed by atoms with E-state index in [1.54, 1.807) is 60.7 Å². The lowest BCUT2D eigenvalue weighted by Gasteiger charge is -2.08. The summed E-state index contributed by atoms with van der Waals surface area (Å²) in [5.74, 6) is -0.443. The molecule has 3 rings (SSSR count). The summed E-state index contributed by atoms with van der Waals surface area (Å²) in [7, 11) is 0. The smallest absolute Gasteiger partial charge is 0.343 e. The number of carbonyl (C=O) groups excluding carboxylic acids is 2. The molecule has 1 amide bonds. The maximum atomic E-state index is 12.3. The van der Waals surface area contributed by atoms with Gasteiger partial charge in [-0.2, -0.15) is 5.10 Å². The van der Waals surface area contributed by atoms with Gasteiger partial charge in [-0.3, -0.25) is 4.79 Å². The fourth-order valence-electron chi connectivity index (χ4n) is 2.37. The van der Waals surface area contributed by atoms with E-state index < -0.39 is 11.9 Å². The third-order valence-corrected chi connectivity index (χ3v) is 4.63. The molecule has 0 fully saturated rings. The SMILES string of the molecule is O=C(COc1ccc(Cl)cc1Cl)N/N=C\c1ccccc1OC(=O)c1ccc(Cl)cc1. The summed E-state index contributed by atoms with van der Waals surface area (Å²) in [6, 6.07) is 17.7. The van der Waals surface area contributed by atoms with Crippen molar-refractivity contribution in [3.05, 3.63) is 92.9 Å². The van der Waals surface area contributed by atoms with Gasteiger partial charge in [0.15, 0.2) is 6.61 Å². The van der Waals surface area contributed by atoms with E-state index in [0.29, 0.717) is 31.9 Å². The van der Waals surface area contributed by atoms with E-state index in [1.807, 2.05) is 0 Å². The Hall–Kier alpha value is -3.06. The van der Waals surface area contributed by atoms with Crippen molar-refractivity contribution in [3.8, 4) is 11.5 Å². The van der Waals surface area contributed by atoms with Crippen molar-refractivity contribution in [1.82, 2.24) is 5.43 Å². The van der Waals surface area contributed by atoms with Crippen LogP contribution in [0.3, 0.4) is 0 Å². The summed E-state index contributed by atoms with van der Waals surface area (Å²) in [5.41, 5.74) is 3.17. The summed E-state index contributed by atoms with van der Waals surface area (Å²) >= 11 is 17.6. The molecule has 31 heavy (non-hydrogen) atoms. The average Bonchev–Trinajstić information content (AvgIpc) is 2.75. The molecule has 6 nitrogen and oxygen atoms in total. The second-order valence-electron chi connectivity index (χ2n) is 6.09. The summed E-state index contributed by atoms with van der Waals surface area (Å²) in [5, 5.41) is 5.14. The number of nitrogens with zero attached hydrogens (tertiary/aromatic N) is 1. The number of hydrogen-bond donors (Lipinski definition) is 1. The number of esters is 1. The van der Waals surface area contributed by atoms with Gasteiger partial charge in [0.05, 0.1) is 16.8 Å². The molecule has 9 heteroatoms. The van der Waals surface area contributed by atoms with Crippen molar-refractivity contribution in [2.45, 2.75) is 0 Å². The van der Waals surface area contributed by atoms with Crippen LogP contribution < -0.4 is 14.9 Å². The number of hydrogen-bond acceptors (Lipinski definition) is 5. The molecule has 0 aliphatic rings. The summed E-state index contributed by atoms with van der Waals surface area (Å²) in [4.78, 5) is 24.3. The molecule has 0 aliphatic carbocycles. The first-order chi connectivity index (χ1) is 14.9. The minimum absolute atomic E-state index is 0.282. The van der Waals surface area contributed by atoms with E-state index in [9.17, 15) is 9.59 Å². The molecule has 158 valence electrons. The van der Waals surface area contributed by atoms with Crippen LogP contribution in [0.25, 0.3) is 0 Å². The molecule has 0 aromatic heterocycles. The highest BCUT2D eigenvalue weighted by Gasteiger charge is 2.11. The second-order valence-corrected chi connectivity index (χ2v) is 7.37. The van der Waals surface area contributed by atoms with Gasteiger partial charge in [0.25, 0.3) is 5.91 Å². The fraction of sp³-hybridized carbons (Fsp3) is 0.0455. The zero-order valence-corrected chi connectivity index (χ0v) is 18.1. The summed E-state index contributed by atoms with van der Waals surface area (Å²) in [6.07, 6.45) is 1.36. The van der Waals surface area contributed by atoms with Crippen molar-refractivity contribution < 1.29 is 19.1 Å². The fourth-order valence-corrected chi connectivity index (χ4v) is 2.96. The highest BCUT2D eigenvalue weighted by atomic mass is 35.5. The maximum absolute atomic E-state index is 12.3. The molecule has 0 radical (unpaired) electrons. The first-order valence-electron chi connectivity index (χ1n) is 8.89. The number of rotatable bonds is 7.